The Balaban J connectivity index is 2.29. The van der Waals surface area contributed by atoms with Gasteiger partial charge in [0.1, 0.15) is 24.0 Å². The van der Waals surface area contributed by atoms with Gasteiger partial charge in [0.25, 0.3) is 5.91 Å². The number of terminal acetylenes is 1. The van der Waals surface area contributed by atoms with E-state index in [0.717, 1.165) is 0 Å². The van der Waals surface area contributed by atoms with Crippen LogP contribution in [-0.2, 0) is 4.79 Å². The van der Waals surface area contributed by atoms with Crippen LogP contribution in [0.3, 0.4) is 0 Å². The number of anilines is 1. The molecular weight excluding hydrogens is 436 g/mol. The summed E-state index contributed by atoms with van der Waals surface area (Å²) >= 11 is 3.41. The Bertz CT molecular complexity index is 1000. The number of benzene rings is 2. The molecule has 1 N–H and O–H groups in total. The molecule has 0 radical (unpaired) electrons. The number of rotatable bonds is 8. The normalized spacial score (nSPS) is 10.4. The largest absolute Gasteiger partial charge is 0.494 e. The number of nitrogens with one attached hydrogen (secondary N) is 1. The van der Waals surface area contributed by atoms with E-state index < -0.39 is 5.91 Å². The van der Waals surface area contributed by atoms with E-state index in [9.17, 15) is 10.1 Å². The molecule has 0 fully saturated rings. The highest BCUT2D eigenvalue weighted by molar-refractivity contribution is 9.10. The first-order valence-corrected chi connectivity index (χ1v) is 9.41. The number of amides is 1. The maximum atomic E-state index is 12.6. The number of methoxy groups -OCH3 is 1. The third-order valence-electron chi connectivity index (χ3n) is 3.66. The lowest BCUT2D eigenvalue weighted by molar-refractivity contribution is -0.112. The van der Waals surface area contributed by atoms with Crippen LogP contribution in [0.25, 0.3) is 6.08 Å². The molecule has 0 aliphatic rings. The van der Waals surface area contributed by atoms with Gasteiger partial charge < -0.3 is 19.5 Å². The lowest BCUT2D eigenvalue weighted by Crippen LogP contribution is -2.13. The molecule has 0 aliphatic heterocycles. The third-order valence-corrected chi connectivity index (χ3v) is 4.35. The predicted octanol–water partition coefficient (Wildman–Crippen LogP) is 4.41. The topological polar surface area (TPSA) is 80.6 Å². The van der Waals surface area contributed by atoms with E-state index >= 15 is 0 Å². The van der Waals surface area contributed by atoms with Crippen molar-refractivity contribution < 1.29 is 19.0 Å². The zero-order valence-corrected chi connectivity index (χ0v) is 17.6. The second-order valence-corrected chi connectivity index (χ2v) is 6.46. The van der Waals surface area contributed by atoms with Gasteiger partial charge in [-0.3, -0.25) is 4.79 Å². The number of ether oxygens (including phenoxy) is 3. The molecule has 2 aromatic rings. The van der Waals surface area contributed by atoms with Crippen molar-refractivity contribution in [2.75, 3.05) is 25.6 Å². The number of nitriles is 1. The molecule has 0 aromatic heterocycles. The zero-order valence-electron chi connectivity index (χ0n) is 16.0. The first-order valence-electron chi connectivity index (χ1n) is 8.62. The van der Waals surface area contributed by atoms with Gasteiger partial charge in [-0.2, -0.15) is 5.26 Å². The van der Waals surface area contributed by atoms with Crippen LogP contribution in [0.15, 0.2) is 46.4 Å². The molecule has 0 atom stereocenters. The Kier molecular flexibility index (Phi) is 8.14. The van der Waals surface area contributed by atoms with E-state index in [1.807, 2.05) is 13.0 Å². The fourth-order valence-electron chi connectivity index (χ4n) is 2.39. The molecule has 29 heavy (non-hydrogen) atoms. The monoisotopic (exact) mass is 454 g/mol. The molecule has 0 saturated carbocycles. The fourth-order valence-corrected chi connectivity index (χ4v) is 2.82. The molecule has 6 nitrogen and oxygen atoms in total. The highest BCUT2D eigenvalue weighted by atomic mass is 79.9. The predicted molar refractivity (Wildman–Crippen MR) is 115 cm³/mol. The maximum absolute atomic E-state index is 12.6. The number of halogens is 1. The van der Waals surface area contributed by atoms with Gasteiger partial charge in [-0.15, -0.1) is 6.42 Å². The quantitative estimate of drug-likeness (QED) is 0.362. The molecule has 0 bridgehead atoms. The van der Waals surface area contributed by atoms with Crippen molar-refractivity contribution in [1.29, 1.82) is 5.26 Å². The summed E-state index contributed by atoms with van der Waals surface area (Å²) in [7, 11) is 1.49. The molecular formula is C22H19BrN2O4. The molecule has 2 rings (SSSR count). The standard InChI is InChI=1S/C22H19BrN2O4/c1-4-9-29-21-13-19(23)15(11-20(21)27-3)10-16(14-24)22(26)25-17-7-6-8-18(12-17)28-5-2/h1,6-8,10-13H,5,9H2,2-3H3,(H,25,26)/b16-10-. The minimum Gasteiger partial charge on any atom is -0.494 e. The first-order chi connectivity index (χ1) is 14.0. The van der Waals surface area contributed by atoms with Crippen molar-refractivity contribution in [2.24, 2.45) is 0 Å². The molecule has 148 valence electrons. The van der Waals surface area contributed by atoms with Crippen molar-refractivity contribution in [2.45, 2.75) is 6.92 Å². The summed E-state index contributed by atoms with van der Waals surface area (Å²) in [5.41, 5.74) is 1.02. The van der Waals surface area contributed by atoms with Gasteiger partial charge in [0.05, 0.1) is 13.7 Å². The lowest BCUT2D eigenvalue weighted by Gasteiger charge is -2.11. The van der Waals surface area contributed by atoms with Crippen LogP contribution < -0.4 is 19.5 Å². The summed E-state index contributed by atoms with van der Waals surface area (Å²) in [5.74, 6) is 3.35. The highest BCUT2D eigenvalue weighted by Gasteiger charge is 2.14. The van der Waals surface area contributed by atoms with Gasteiger partial charge in [-0.1, -0.05) is 27.9 Å². The van der Waals surface area contributed by atoms with Gasteiger partial charge in [-0.25, -0.2) is 0 Å². The van der Waals surface area contributed by atoms with Gasteiger partial charge in [-0.05, 0) is 42.8 Å². The van der Waals surface area contributed by atoms with Crippen molar-refractivity contribution >= 4 is 33.6 Å². The lowest BCUT2D eigenvalue weighted by atomic mass is 10.1. The SMILES string of the molecule is C#CCOc1cc(Br)c(/C=C(/C#N)C(=O)Nc2cccc(OCC)c2)cc1OC. The Morgan fingerprint density at radius 2 is 2.07 bits per heavy atom. The van der Waals surface area contributed by atoms with Crippen LogP contribution in [0, 0.1) is 23.7 Å². The van der Waals surface area contributed by atoms with Crippen molar-refractivity contribution in [3.8, 4) is 35.7 Å². The minimum absolute atomic E-state index is 0.0770. The van der Waals surface area contributed by atoms with E-state index in [0.29, 0.717) is 39.6 Å². The number of hydrogen-bond acceptors (Lipinski definition) is 5. The number of carbonyl (C=O) groups excluding carboxylic acids is 1. The number of carbonyl (C=O) groups is 1. The first kappa shape index (κ1) is 21.9. The van der Waals surface area contributed by atoms with Gasteiger partial charge in [0, 0.05) is 16.2 Å². The average molecular weight is 455 g/mol. The molecule has 0 spiro atoms. The molecule has 7 heteroatoms. The van der Waals surface area contributed by atoms with E-state index in [2.05, 4.69) is 27.2 Å². The Labute approximate surface area is 178 Å². The van der Waals surface area contributed by atoms with Gasteiger partial charge in [0.2, 0.25) is 0 Å². The summed E-state index contributed by atoms with van der Waals surface area (Å²) in [6, 6.07) is 12.2. The minimum atomic E-state index is -0.542. The van der Waals surface area contributed by atoms with E-state index in [4.69, 9.17) is 20.6 Å². The smallest absolute Gasteiger partial charge is 0.266 e. The Morgan fingerprint density at radius 3 is 2.72 bits per heavy atom. The second-order valence-electron chi connectivity index (χ2n) is 5.60. The van der Waals surface area contributed by atoms with Gasteiger partial charge in [0.15, 0.2) is 11.5 Å². The highest BCUT2D eigenvalue weighted by Crippen LogP contribution is 2.34. The number of hydrogen-bond donors (Lipinski definition) is 1. The molecule has 0 unspecified atom stereocenters. The van der Waals surface area contributed by atoms with Crippen molar-refractivity contribution in [1.82, 2.24) is 0 Å². The maximum Gasteiger partial charge on any atom is 0.266 e. The van der Waals surface area contributed by atoms with E-state index in [1.54, 1.807) is 36.4 Å². The van der Waals surface area contributed by atoms with E-state index in [-0.39, 0.29) is 12.2 Å². The van der Waals surface area contributed by atoms with Crippen LogP contribution in [-0.4, -0.2) is 26.2 Å². The Morgan fingerprint density at radius 1 is 1.28 bits per heavy atom. The zero-order chi connectivity index (χ0) is 21.2. The summed E-state index contributed by atoms with van der Waals surface area (Å²) in [6.45, 7) is 2.47. The Hall–Kier alpha value is -3.42. The fraction of sp³-hybridized carbons (Fsp3) is 0.182. The molecule has 0 saturated heterocycles. The summed E-state index contributed by atoms with van der Waals surface area (Å²) in [4.78, 5) is 12.6. The summed E-state index contributed by atoms with van der Waals surface area (Å²) in [5, 5.41) is 12.2. The molecule has 0 heterocycles. The summed E-state index contributed by atoms with van der Waals surface area (Å²) in [6.07, 6.45) is 6.67. The average Bonchev–Trinajstić information content (AvgIpc) is 2.71. The molecule has 0 aliphatic carbocycles. The third kappa shape index (κ3) is 6.03. The summed E-state index contributed by atoms with van der Waals surface area (Å²) < 4.78 is 16.8. The van der Waals surface area contributed by atoms with Crippen molar-refractivity contribution in [3.05, 3.63) is 52.0 Å². The second kappa shape index (κ2) is 10.8. The van der Waals surface area contributed by atoms with Crippen LogP contribution in [0.2, 0.25) is 0 Å². The molecule has 1 amide bonds. The van der Waals surface area contributed by atoms with Crippen LogP contribution in [0.1, 0.15) is 12.5 Å². The van der Waals surface area contributed by atoms with Gasteiger partial charge >= 0.3 is 0 Å². The van der Waals surface area contributed by atoms with Crippen LogP contribution >= 0.6 is 15.9 Å². The molecule has 2 aromatic carbocycles. The van der Waals surface area contributed by atoms with E-state index in [1.165, 1.54) is 13.2 Å². The van der Waals surface area contributed by atoms with Crippen LogP contribution in [0.5, 0.6) is 17.2 Å². The van der Waals surface area contributed by atoms with Crippen LogP contribution in [0.4, 0.5) is 5.69 Å². The number of nitrogens with zero attached hydrogens (tertiary/aromatic N) is 1. The van der Waals surface area contributed by atoms with Crippen molar-refractivity contribution in [3.63, 3.8) is 0 Å².